The SMILES string of the molecule is Cc1nc(C(C)(C)C(F)(F)C(C)(C)F)n(C)n1. The summed E-state index contributed by atoms with van der Waals surface area (Å²) in [5.74, 6) is -3.08. The van der Waals surface area contributed by atoms with Gasteiger partial charge in [0, 0.05) is 7.05 Å². The van der Waals surface area contributed by atoms with Gasteiger partial charge in [-0.1, -0.05) is 0 Å². The van der Waals surface area contributed by atoms with E-state index in [2.05, 4.69) is 10.1 Å². The van der Waals surface area contributed by atoms with E-state index < -0.39 is 17.0 Å². The van der Waals surface area contributed by atoms with Crippen molar-refractivity contribution in [2.75, 3.05) is 0 Å². The fourth-order valence-electron chi connectivity index (χ4n) is 1.94. The van der Waals surface area contributed by atoms with Crippen LogP contribution in [-0.4, -0.2) is 26.4 Å². The van der Waals surface area contributed by atoms with Gasteiger partial charge in [-0.2, -0.15) is 5.10 Å². The molecule has 3 nitrogen and oxygen atoms in total. The van der Waals surface area contributed by atoms with Crippen molar-refractivity contribution in [1.82, 2.24) is 14.8 Å². The topological polar surface area (TPSA) is 30.7 Å². The molecule has 0 amide bonds. The molecule has 0 saturated carbocycles. The van der Waals surface area contributed by atoms with Crippen LogP contribution in [0.5, 0.6) is 0 Å². The molecule has 0 bridgehead atoms. The molecule has 1 heterocycles. The second-order valence-corrected chi connectivity index (χ2v) is 5.28. The second-order valence-electron chi connectivity index (χ2n) is 5.28. The molecule has 0 unspecified atom stereocenters. The highest BCUT2D eigenvalue weighted by atomic mass is 19.3. The minimum atomic E-state index is -3.55. The molecule has 98 valence electrons. The third-order valence-electron chi connectivity index (χ3n) is 2.96. The first-order valence-corrected chi connectivity index (χ1v) is 5.36. The van der Waals surface area contributed by atoms with Gasteiger partial charge in [0.1, 0.15) is 11.6 Å². The van der Waals surface area contributed by atoms with Crippen LogP contribution in [0.4, 0.5) is 13.2 Å². The summed E-state index contributed by atoms with van der Waals surface area (Å²) in [6, 6.07) is 0. The van der Waals surface area contributed by atoms with Gasteiger partial charge < -0.3 is 0 Å². The van der Waals surface area contributed by atoms with Crippen molar-refractivity contribution < 1.29 is 13.2 Å². The molecular weight excluding hydrogens is 231 g/mol. The quantitative estimate of drug-likeness (QED) is 0.824. The number of hydrogen-bond donors (Lipinski definition) is 0. The Hall–Kier alpha value is -1.07. The molecule has 0 aliphatic carbocycles. The highest BCUT2D eigenvalue weighted by Gasteiger charge is 2.60. The lowest BCUT2D eigenvalue weighted by Gasteiger charge is -2.38. The third kappa shape index (κ3) is 2.05. The maximum atomic E-state index is 14.1. The van der Waals surface area contributed by atoms with Crippen molar-refractivity contribution in [2.24, 2.45) is 7.05 Å². The molecule has 0 N–H and O–H groups in total. The van der Waals surface area contributed by atoms with E-state index in [1.165, 1.54) is 25.6 Å². The zero-order chi connectivity index (χ0) is 13.6. The van der Waals surface area contributed by atoms with E-state index in [1.807, 2.05) is 0 Å². The van der Waals surface area contributed by atoms with Crippen molar-refractivity contribution in [3.05, 3.63) is 11.6 Å². The second kappa shape index (κ2) is 3.71. The molecule has 0 radical (unpaired) electrons. The van der Waals surface area contributed by atoms with Crippen LogP contribution in [0.1, 0.15) is 39.3 Å². The predicted molar refractivity (Wildman–Crippen MR) is 58.9 cm³/mol. The van der Waals surface area contributed by atoms with Gasteiger partial charge in [-0.3, -0.25) is 4.68 Å². The van der Waals surface area contributed by atoms with Crippen LogP contribution in [0, 0.1) is 6.92 Å². The Kier molecular flexibility index (Phi) is 3.06. The van der Waals surface area contributed by atoms with Gasteiger partial charge in [0.05, 0.1) is 5.41 Å². The zero-order valence-corrected chi connectivity index (χ0v) is 11.0. The molecule has 0 fully saturated rings. The molecule has 0 aliphatic heterocycles. The van der Waals surface area contributed by atoms with E-state index in [9.17, 15) is 13.2 Å². The minimum absolute atomic E-state index is 0.0747. The van der Waals surface area contributed by atoms with Crippen LogP contribution >= 0.6 is 0 Å². The standard InChI is InChI=1S/C11H18F3N3/c1-7-15-8(17(6)16-7)9(2,3)11(13,14)10(4,5)12/h1-6H3. The maximum absolute atomic E-state index is 14.1. The number of halogens is 3. The van der Waals surface area contributed by atoms with Gasteiger partial charge in [-0.05, 0) is 34.6 Å². The molecular formula is C11H18F3N3. The van der Waals surface area contributed by atoms with E-state index in [-0.39, 0.29) is 5.82 Å². The van der Waals surface area contributed by atoms with Crippen molar-refractivity contribution in [2.45, 2.75) is 51.6 Å². The number of hydrogen-bond acceptors (Lipinski definition) is 2. The average molecular weight is 249 g/mol. The largest absolute Gasteiger partial charge is 0.292 e. The lowest BCUT2D eigenvalue weighted by atomic mass is 9.77. The monoisotopic (exact) mass is 249 g/mol. The van der Waals surface area contributed by atoms with Crippen molar-refractivity contribution in [3.8, 4) is 0 Å². The Bertz CT molecular complexity index is 416. The Balaban J connectivity index is 3.33. The van der Waals surface area contributed by atoms with Crippen LogP contribution in [0.2, 0.25) is 0 Å². The molecule has 6 heteroatoms. The Labute approximate surface area is 99.0 Å². The van der Waals surface area contributed by atoms with E-state index in [0.717, 1.165) is 13.8 Å². The van der Waals surface area contributed by atoms with E-state index in [1.54, 1.807) is 6.92 Å². The summed E-state index contributed by atoms with van der Waals surface area (Å²) in [4.78, 5) is 3.97. The average Bonchev–Trinajstić information content (AvgIpc) is 2.43. The minimum Gasteiger partial charge on any atom is -0.252 e. The molecule has 1 aromatic heterocycles. The Morgan fingerprint density at radius 2 is 1.53 bits per heavy atom. The fraction of sp³-hybridized carbons (Fsp3) is 0.818. The number of nitrogens with zero attached hydrogens (tertiary/aromatic N) is 3. The normalized spacial score (nSPS) is 14.2. The van der Waals surface area contributed by atoms with Crippen molar-refractivity contribution in [3.63, 3.8) is 0 Å². The number of alkyl halides is 3. The number of rotatable bonds is 3. The van der Waals surface area contributed by atoms with Gasteiger partial charge in [-0.25, -0.2) is 18.2 Å². The summed E-state index contributed by atoms with van der Waals surface area (Å²) in [5.41, 5.74) is -4.36. The predicted octanol–water partition coefficient (Wildman–Crippen LogP) is 2.78. The first-order valence-electron chi connectivity index (χ1n) is 5.36. The first-order chi connectivity index (χ1) is 7.41. The molecule has 0 aromatic carbocycles. The van der Waals surface area contributed by atoms with E-state index in [4.69, 9.17) is 0 Å². The van der Waals surface area contributed by atoms with Crippen molar-refractivity contribution >= 4 is 0 Å². The van der Waals surface area contributed by atoms with Crippen molar-refractivity contribution in [1.29, 1.82) is 0 Å². The summed E-state index contributed by atoms with van der Waals surface area (Å²) in [7, 11) is 1.53. The molecule has 0 aliphatic rings. The van der Waals surface area contributed by atoms with Crippen LogP contribution in [-0.2, 0) is 12.5 Å². The van der Waals surface area contributed by atoms with Gasteiger partial charge >= 0.3 is 0 Å². The summed E-state index contributed by atoms with van der Waals surface area (Å²) < 4.78 is 43.2. The van der Waals surface area contributed by atoms with Crippen LogP contribution in [0.15, 0.2) is 0 Å². The summed E-state index contributed by atoms with van der Waals surface area (Å²) in [6.45, 7) is 5.91. The number of aromatic nitrogens is 3. The van der Waals surface area contributed by atoms with Gasteiger partial charge in [-0.15, -0.1) is 0 Å². The molecule has 0 spiro atoms. The van der Waals surface area contributed by atoms with Crippen LogP contribution in [0.3, 0.4) is 0 Å². The Morgan fingerprint density at radius 3 is 1.82 bits per heavy atom. The fourth-order valence-corrected chi connectivity index (χ4v) is 1.94. The summed E-state index contributed by atoms with van der Waals surface area (Å²) >= 11 is 0. The highest BCUT2D eigenvalue weighted by Crippen LogP contribution is 2.46. The Morgan fingerprint density at radius 1 is 1.06 bits per heavy atom. The molecule has 1 aromatic rings. The zero-order valence-electron chi connectivity index (χ0n) is 11.0. The van der Waals surface area contributed by atoms with Gasteiger partial charge in [0.25, 0.3) is 5.92 Å². The lowest BCUT2D eigenvalue weighted by molar-refractivity contribution is -0.167. The molecule has 17 heavy (non-hydrogen) atoms. The lowest BCUT2D eigenvalue weighted by Crippen LogP contribution is -2.54. The number of aryl methyl sites for hydroxylation is 2. The summed E-state index contributed by atoms with van der Waals surface area (Å²) in [6.07, 6.45) is 0. The van der Waals surface area contributed by atoms with Crippen LogP contribution < -0.4 is 0 Å². The van der Waals surface area contributed by atoms with Gasteiger partial charge in [0.2, 0.25) is 0 Å². The molecule has 0 atom stereocenters. The van der Waals surface area contributed by atoms with Crippen LogP contribution in [0.25, 0.3) is 0 Å². The van der Waals surface area contributed by atoms with Gasteiger partial charge in [0.15, 0.2) is 5.67 Å². The molecule has 0 saturated heterocycles. The molecule has 1 rings (SSSR count). The van der Waals surface area contributed by atoms with E-state index in [0.29, 0.717) is 5.82 Å². The third-order valence-corrected chi connectivity index (χ3v) is 2.96. The maximum Gasteiger partial charge on any atom is 0.292 e. The first kappa shape index (κ1) is 14.0. The van der Waals surface area contributed by atoms with E-state index >= 15 is 0 Å². The highest BCUT2D eigenvalue weighted by molar-refractivity contribution is 5.15. The smallest absolute Gasteiger partial charge is 0.252 e. The summed E-state index contributed by atoms with van der Waals surface area (Å²) in [5, 5.41) is 3.92.